The van der Waals surface area contributed by atoms with E-state index >= 15 is 0 Å². The van der Waals surface area contributed by atoms with Crippen LogP contribution < -0.4 is 5.32 Å². The molecule has 2 aliphatic rings. The van der Waals surface area contributed by atoms with Gasteiger partial charge in [0.05, 0.1) is 16.8 Å². The monoisotopic (exact) mass is 324 g/mol. The molecule has 20 heavy (non-hydrogen) atoms. The Morgan fingerprint density at radius 2 is 2.00 bits per heavy atom. The summed E-state index contributed by atoms with van der Waals surface area (Å²) in [6.07, 6.45) is 2.27. The highest BCUT2D eigenvalue weighted by Gasteiger charge is 2.41. The molecule has 0 aromatic heterocycles. The van der Waals surface area contributed by atoms with Gasteiger partial charge < -0.3 is 5.32 Å². The molecular weight excluding hydrogens is 300 g/mol. The molecule has 0 radical (unpaired) electrons. The fraction of sp³-hybridized carbons (Fsp3) is 1.00. The summed E-state index contributed by atoms with van der Waals surface area (Å²) in [4.78, 5) is 0. The molecule has 0 aromatic carbocycles. The van der Waals surface area contributed by atoms with E-state index < -0.39 is 25.1 Å². The van der Waals surface area contributed by atoms with Gasteiger partial charge in [-0.3, -0.25) is 0 Å². The Morgan fingerprint density at radius 1 is 1.30 bits per heavy atom. The van der Waals surface area contributed by atoms with Crippen molar-refractivity contribution in [3.8, 4) is 0 Å². The van der Waals surface area contributed by atoms with Crippen LogP contribution in [0.5, 0.6) is 0 Å². The van der Waals surface area contributed by atoms with E-state index in [1.165, 1.54) is 4.31 Å². The van der Waals surface area contributed by atoms with Crippen molar-refractivity contribution in [2.24, 2.45) is 0 Å². The van der Waals surface area contributed by atoms with Crippen LogP contribution in [-0.4, -0.2) is 63.1 Å². The highest BCUT2D eigenvalue weighted by molar-refractivity contribution is 7.95. The first-order chi connectivity index (χ1) is 9.22. The lowest BCUT2D eigenvalue weighted by Crippen LogP contribution is -2.48. The van der Waals surface area contributed by atoms with Crippen LogP contribution in [0, 0.1) is 0 Å². The van der Waals surface area contributed by atoms with Crippen molar-refractivity contribution in [1.82, 2.24) is 9.62 Å². The van der Waals surface area contributed by atoms with E-state index in [9.17, 15) is 16.8 Å². The van der Waals surface area contributed by atoms with E-state index in [-0.39, 0.29) is 30.0 Å². The van der Waals surface area contributed by atoms with Gasteiger partial charge in [0, 0.05) is 18.6 Å². The maximum atomic E-state index is 12.7. The van der Waals surface area contributed by atoms with Crippen molar-refractivity contribution in [2.45, 2.75) is 50.4 Å². The number of sulfonamides is 1. The van der Waals surface area contributed by atoms with Crippen LogP contribution in [0.1, 0.15) is 33.1 Å². The van der Waals surface area contributed by atoms with Gasteiger partial charge in [0.25, 0.3) is 0 Å². The molecular formula is C12H24N2O4S2. The summed E-state index contributed by atoms with van der Waals surface area (Å²) in [6.45, 7) is 5.05. The molecule has 2 saturated heterocycles. The smallest absolute Gasteiger partial charge is 0.218 e. The third kappa shape index (κ3) is 3.52. The summed E-state index contributed by atoms with van der Waals surface area (Å²) in [5, 5.41) is 2.53. The van der Waals surface area contributed by atoms with Crippen LogP contribution in [0.3, 0.4) is 0 Å². The molecule has 2 fully saturated rings. The summed E-state index contributed by atoms with van der Waals surface area (Å²) in [5.41, 5.74) is 0. The van der Waals surface area contributed by atoms with Gasteiger partial charge in [-0.25, -0.2) is 16.8 Å². The molecule has 0 amide bonds. The molecule has 2 unspecified atom stereocenters. The van der Waals surface area contributed by atoms with Crippen molar-refractivity contribution in [3.63, 3.8) is 0 Å². The average molecular weight is 324 g/mol. The Labute approximate surface area is 121 Å². The maximum Gasteiger partial charge on any atom is 0.218 e. The summed E-state index contributed by atoms with van der Waals surface area (Å²) >= 11 is 0. The summed E-state index contributed by atoms with van der Waals surface area (Å²) in [6, 6.07) is 0.0379. The first kappa shape index (κ1) is 16.2. The topological polar surface area (TPSA) is 83.6 Å². The van der Waals surface area contributed by atoms with E-state index in [2.05, 4.69) is 5.32 Å². The van der Waals surface area contributed by atoms with Crippen LogP contribution in [-0.2, 0) is 19.9 Å². The molecule has 0 spiro atoms. The Morgan fingerprint density at radius 3 is 2.45 bits per heavy atom. The number of hydrogen-bond donors (Lipinski definition) is 1. The molecule has 0 aliphatic carbocycles. The molecule has 0 saturated carbocycles. The van der Waals surface area contributed by atoms with E-state index in [1.54, 1.807) is 0 Å². The SMILES string of the molecule is CC(C)N(CC1CCCN1)S(=O)(=O)C1CCS(=O)(=O)C1. The van der Waals surface area contributed by atoms with Crippen LogP contribution in [0.2, 0.25) is 0 Å². The third-order valence-electron chi connectivity index (χ3n) is 4.08. The molecule has 2 rings (SSSR count). The van der Waals surface area contributed by atoms with Crippen LogP contribution >= 0.6 is 0 Å². The van der Waals surface area contributed by atoms with E-state index in [0.29, 0.717) is 6.54 Å². The Kier molecular flexibility index (Phi) is 4.78. The molecule has 6 nitrogen and oxygen atoms in total. The van der Waals surface area contributed by atoms with Gasteiger partial charge in [0.2, 0.25) is 10.0 Å². The number of nitrogens with zero attached hydrogens (tertiary/aromatic N) is 1. The fourth-order valence-electron chi connectivity index (χ4n) is 2.93. The second-order valence-electron chi connectivity index (χ2n) is 6.03. The summed E-state index contributed by atoms with van der Waals surface area (Å²) < 4.78 is 49.9. The van der Waals surface area contributed by atoms with Crippen molar-refractivity contribution in [1.29, 1.82) is 0 Å². The van der Waals surface area contributed by atoms with Gasteiger partial charge in [-0.15, -0.1) is 0 Å². The van der Waals surface area contributed by atoms with E-state index in [0.717, 1.165) is 19.4 Å². The predicted molar refractivity (Wildman–Crippen MR) is 78.8 cm³/mol. The lowest BCUT2D eigenvalue weighted by Gasteiger charge is -2.30. The van der Waals surface area contributed by atoms with E-state index in [4.69, 9.17) is 0 Å². The molecule has 0 bridgehead atoms. The largest absolute Gasteiger partial charge is 0.313 e. The maximum absolute atomic E-state index is 12.7. The minimum Gasteiger partial charge on any atom is -0.313 e. The molecule has 2 atom stereocenters. The van der Waals surface area contributed by atoms with Crippen LogP contribution in [0.4, 0.5) is 0 Å². The fourth-order valence-corrected chi connectivity index (χ4v) is 7.70. The zero-order chi connectivity index (χ0) is 15.0. The van der Waals surface area contributed by atoms with Gasteiger partial charge in [0.15, 0.2) is 9.84 Å². The third-order valence-corrected chi connectivity index (χ3v) is 8.53. The number of rotatable bonds is 5. The van der Waals surface area contributed by atoms with Crippen molar-refractivity contribution < 1.29 is 16.8 Å². The quantitative estimate of drug-likeness (QED) is 0.767. The van der Waals surface area contributed by atoms with Crippen molar-refractivity contribution in [2.75, 3.05) is 24.6 Å². The normalized spacial score (nSPS) is 30.4. The van der Waals surface area contributed by atoms with Gasteiger partial charge in [-0.05, 0) is 39.7 Å². The van der Waals surface area contributed by atoms with Crippen LogP contribution in [0.25, 0.3) is 0 Å². The minimum atomic E-state index is -3.54. The highest BCUT2D eigenvalue weighted by Crippen LogP contribution is 2.24. The summed E-state index contributed by atoms with van der Waals surface area (Å²) in [7, 11) is -6.73. The van der Waals surface area contributed by atoms with Gasteiger partial charge >= 0.3 is 0 Å². The van der Waals surface area contributed by atoms with Gasteiger partial charge in [-0.1, -0.05) is 0 Å². The molecule has 2 heterocycles. The lowest BCUT2D eigenvalue weighted by molar-refractivity contribution is 0.319. The highest BCUT2D eigenvalue weighted by atomic mass is 32.2. The zero-order valence-electron chi connectivity index (χ0n) is 12.1. The average Bonchev–Trinajstić information content (AvgIpc) is 2.94. The van der Waals surface area contributed by atoms with Gasteiger partial charge in [-0.2, -0.15) is 4.31 Å². The van der Waals surface area contributed by atoms with Crippen molar-refractivity contribution in [3.05, 3.63) is 0 Å². The van der Waals surface area contributed by atoms with E-state index in [1.807, 2.05) is 13.8 Å². The first-order valence-electron chi connectivity index (χ1n) is 7.17. The molecule has 1 N–H and O–H groups in total. The van der Waals surface area contributed by atoms with Crippen LogP contribution in [0.15, 0.2) is 0 Å². The molecule has 2 aliphatic heterocycles. The standard InChI is InChI=1S/C12H24N2O4S2/c1-10(2)14(8-11-4-3-6-13-11)20(17,18)12-5-7-19(15,16)9-12/h10-13H,3-9H2,1-2H3. The number of hydrogen-bond acceptors (Lipinski definition) is 5. The second kappa shape index (κ2) is 5.90. The van der Waals surface area contributed by atoms with Gasteiger partial charge in [0.1, 0.15) is 0 Å². The zero-order valence-corrected chi connectivity index (χ0v) is 13.7. The Hall–Kier alpha value is -0.180. The second-order valence-corrected chi connectivity index (χ2v) is 10.4. The minimum absolute atomic E-state index is 0.00941. The molecule has 118 valence electrons. The first-order valence-corrected chi connectivity index (χ1v) is 10.5. The lowest BCUT2D eigenvalue weighted by atomic mass is 10.2. The Bertz CT molecular complexity index is 536. The number of sulfone groups is 1. The number of nitrogens with one attached hydrogen (secondary N) is 1. The Balaban J connectivity index is 2.14. The molecule has 0 aromatic rings. The summed E-state index contributed by atoms with van der Waals surface area (Å²) in [5.74, 6) is -0.235. The van der Waals surface area contributed by atoms with Crippen molar-refractivity contribution >= 4 is 19.9 Å². The predicted octanol–water partition coefficient (Wildman–Crippen LogP) is -0.0343. The molecule has 8 heteroatoms.